The van der Waals surface area contributed by atoms with Gasteiger partial charge in [0.05, 0.1) is 0 Å². The van der Waals surface area contributed by atoms with Crippen LogP contribution in [-0.2, 0) is 6.61 Å². The number of nitrogens with one attached hydrogen (secondary N) is 1. The maximum absolute atomic E-state index is 12.4. The summed E-state index contributed by atoms with van der Waals surface area (Å²) in [6.07, 6.45) is 0. The van der Waals surface area contributed by atoms with E-state index in [1.54, 1.807) is 6.07 Å². The molecular formula is C21H18INO2. The van der Waals surface area contributed by atoms with Gasteiger partial charge in [-0.15, -0.1) is 0 Å². The minimum absolute atomic E-state index is 0.126. The molecule has 4 heteroatoms. The van der Waals surface area contributed by atoms with Gasteiger partial charge in [0.25, 0.3) is 5.91 Å². The number of rotatable bonds is 5. The fourth-order valence-electron chi connectivity index (χ4n) is 2.34. The van der Waals surface area contributed by atoms with Gasteiger partial charge in [-0.2, -0.15) is 0 Å². The zero-order valence-electron chi connectivity index (χ0n) is 13.8. The summed E-state index contributed by atoms with van der Waals surface area (Å²) in [6.45, 7) is 2.47. The molecule has 3 aromatic rings. The Morgan fingerprint density at radius 3 is 2.44 bits per heavy atom. The molecule has 0 atom stereocenters. The molecule has 0 saturated heterocycles. The Labute approximate surface area is 161 Å². The largest absolute Gasteiger partial charge is 0.489 e. The molecule has 0 aliphatic rings. The summed E-state index contributed by atoms with van der Waals surface area (Å²) in [5, 5.41) is 2.91. The number of anilines is 1. The number of carbonyl (C=O) groups excluding carboxylic acids is 1. The standard InChI is InChI=1S/C21H18INO2/c1-15-5-11-20(12-6-15)25-14-16-3-2-4-17(13-16)21(24)23-19-9-7-18(22)8-10-19/h2-13H,14H2,1H3,(H,23,24). The van der Waals surface area contributed by atoms with Crippen LogP contribution in [0.15, 0.2) is 72.8 Å². The number of hydrogen-bond donors (Lipinski definition) is 1. The van der Waals surface area contributed by atoms with Gasteiger partial charge in [-0.1, -0.05) is 29.8 Å². The molecule has 1 N–H and O–H groups in total. The maximum Gasteiger partial charge on any atom is 0.255 e. The van der Waals surface area contributed by atoms with E-state index in [0.717, 1.165) is 20.6 Å². The van der Waals surface area contributed by atoms with Crippen LogP contribution in [0.3, 0.4) is 0 Å². The first kappa shape index (κ1) is 17.5. The molecule has 0 aromatic heterocycles. The highest BCUT2D eigenvalue weighted by molar-refractivity contribution is 14.1. The summed E-state index contributed by atoms with van der Waals surface area (Å²) in [6, 6.07) is 23.1. The number of amides is 1. The molecule has 0 spiro atoms. The van der Waals surface area contributed by atoms with Crippen molar-refractivity contribution in [2.75, 3.05) is 5.32 Å². The fourth-order valence-corrected chi connectivity index (χ4v) is 2.70. The monoisotopic (exact) mass is 443 g/mol. The summed E-state index contributed by atoms with van der Waals surface area (Å²) < 4.78 is 6.91. The lowest BCUT2D eigenvalue weighted by Gasteiger charge is -2.09. The Balaban J connectivity index is 1.64. The highest BCUT2D eigenvalue weighted by atomic mass is 127. The molecule has 1 amide bonds. The van der Waals surface area contributed by atoms with E-state index in [9.17, 15) is 4.79 Å². The number of carbonyl (C=O) groups is 1. The molecule has 0 unspecified atom stereocenters. The average molecular weight is 443 g/mol. The highest BCUT2D eigenvalue weighted by Crippen LogP contribution is 2.16. The van der Waals surface area contributed by atoms with E-state index in [1.807, 2.05) is 73.7 Å². The first-order chi connectivity index (χ1) is 12.1. The maximum atomic E-state index is 12.4. The Morgan fingerprint density at radius 1 is 1.00 bits per heavy atom. The third kappa shape index (κ3) is 5.06. The lowest BCUT2D eigenvalue weighted by atomic mass is 10.1. The summed E-state index contributed by atoms with van der Waals surface area (Å²) in [4.78, 5) is 12.4. The van der Waals surface area contributed by atoms with Crippen molar-refractivity contribution in [3.63, 3.8) is 0 Å². The molecule has 0 fully saturated rings. The zero-order valence-corrected chi connectivity index (χ0v) is 16.0. The normalized spacial score (nSPS) is 10.3. The molecule has 25 heavy (non-hydrogen) atoms. The van der Waals surface area contributed by atoms with Crippen LogP contribution in [-0.4, -0.2) is 5.91 Å². The number of ether oxygens (including phenoxy) is 1. The second kappa shape index (κ2) is 8.16. The van der Waals surface area contributed by atoms with Crippen LogP contribution < -0.4 is 10.1 Å². The third-order valence-electron chi connectivity index (χ3n) is 3.72. The first-order valence-electron chi connectivity index (χ1n) is 7.95. The molecule has 0 aliphatic carbocycles. The van der Waals surface area contributed by atoms with Crippen LogP contribution >= 0.6 is 22.6 Å². The summed E-state index contributed by atoms with van der Waals surface area (Å²) in [5.74, 6) is 0.692. The lowest BCUT2D eigenvalue weighted by molar-refractivity contribution is 0.102. The molecule has 3 rings (SSSR count). The van der Waals surface area contributed by atoms with E-state index < -0.39 is 0 Å². The Kier molecular flexibility index (Phi) is 5.71. The molecular weight excluding hydrogens is 425 g/mol. The van der Waals surface area contributed by atoms with Crippen molar-refractivity contribution in [1.29, 1.82) is 0 Å². The van der Waals surface area contributed by atoms with Crippen molar-refractivity contribution in [2.24, 2.45) is 0 Å². The summed E-state index contributed by atoms with van der Waals surface area (Å²) in [5.41, 5.74) is 3.55. The molecule has 0 heterocycles. The predicted octanol–water partition coefficient (Wildman–Crippen LogP) is 5.43. The van der Waals surface area contributed by atoms with E-state index in [1.165, 1.54) is 5.56 Å². The van der Waals surface area contributed by atoms with Crippen LogP contribution in [0.1, 0.15) is 21.5 Å². The van der Waals surface area contributed by atoms with Crippen molar-refractivity contribution in [1.82, 2.24) is 0 Å². The molecule has 0 bridgehead atoms. The van der Waals surface area contributed by atoms with Gasteiger partial charge in [0.1, 0.15) is 12.4 Å². The fraction of sp³-hybridized carbons (Fsp3) is 0.0952. The van der Waals surface area contributed by atoms with Gasteiger partial charge in [0.15, 0.2) is 0 Å². The lowest BCUT2D eigenvalue weighted by Crippen LogP contribution is -2.12. The van der Waals surface area contributed by atoms with Crippen LogP contribution in [0.25, 0.3) is 0 Å². The van der Waals surface area contributed by atoms with E-state index in [-0.39, 0.29) is 5.91 Å². The Morgan fingerprint density at radius 2 is 1.72 bits per heavy atom. The van der Waals surface area contributed by atoms with Crippen molar-refractivity contribution in [3.8, 4) is 5.75 Å². The topological polar surface area (TPSA) is 38.3 Å². The Bertz CT molecular complexity index is 858. The minimum Gasteiger partial charge on any atom is -0.489 e. The van der Waals surface area contributed by atoms with Gasteiger partial charge in [0, 0.05) is 14.8 Å². The average Bonchev–Trinajstić information content (AvgIpc) is 2.63. The SMILES string of the molecule is Cc1ccc(OCc2cccc(C(=O)Nc3ccc(I)cc3)c2)cc1. The summed E-state index contributed by atoms with van der Waals surface area (Å²) in [7, 11) is 0. The van der Waals surface area contributed by atoms with Gasteiger partial charge in [-0.05, 0) is 83.6 Å². The van der Waals surface area contributed by atoms with Crippen molar-refractivity contribution in [2.45, 2.75) is 13.5 Å². The van der Waals surface area contributed by atoms with Crippen LogP contribution in [0, 0.1) is 10.5 Å². The van der Waals surface area contributed by atoms with E-state index in [0.29, 0.717) is 12.2 Å². The number of aryl methyl sites for hydroxylation is 1. The van der Waals surface area contributed by atoms with Gasteiger partial charge < -0.3 is 10.1 Å². The van der Waals surface area contributed by atoms with Gasteiger partial charge in [0.2, 0.25) is 0 Å². The van der Waals surface area contributed by atoms with Crippen LogP contribution in [0.4, 0.5) is 5.69 Å². The second-order valence-corrected chi connectivity index (χ2v) is 7.01. The van der Waals surface area contributed by atoms with Crippen LogP contribution in [0.5, 0.6) is 5.75 Å². The Hall–Kier alpha value is -2.34. The molecule has 3 nitrogen and oxygen atoms in total. The molecule has 126 valence electrons. The van der Waals surface area contributed by atoms with E-state index in [2.05, 4.69) is 27.9 Å². The molecule has 0 saturated carbocycles. The van der Waals surface area contributed by atoms with Crippen LogP contribution in [0.2, 0.25) is 0 Å². The number of halogens is 1. The zero-order chi connectivity index (χ0) is 17.6. The molecule has 3 aromatic carbocycles. The van der Waals surface area contributed by atoms with Gasteiger partial charge in [-0.3, -0.25) is 4.79 Å². The minimum atomic E-state index is -0.126. The van der Waals surface area contributed by atoms with Gasteiger partial charge >= 0.3 is 0 Å². The summed E-state index contributed by atoms with van der Waals surface area (Å²) >= 11 is 2.24. The van der Waals surface area contributed by atoms with Crippen molar-refractivity contribution >= 4 is 34.2 Å². The highest BCUT2D eigenvalue weighted by Gasteiger charge is 2.07. The second-order valence-electron chi connectivity index (χ2n) is 5.76. The first-order valence-corrected chi connectivity index (χ1v) is 9.03. The van der Waals surface area contributed by atoms with E-state index in [4.69, 9.17) is 4.74 Å². The molecule has 0 radical (unpaired) electrons. The van der Waals surface area contributed by atoms with Crippen molar-refractivity contribution < 1.29 is 9.53 Å². The smallest absolute Gasteiger partial charge is 0.255 e. The quantitative estimate of drug-likeness (QED) is 0.534. The number of hydrogen-bond acceptors (Lipinski definition) is 2. The third-order valence-corrected chi connectivity index (χ3v) is 4.44. The van der Waals surface area contributed by atoms with E-state index >= 15 is 0 Å². The molecule has 0 aliphatic heterocycles. The number of benzene rings is 3. The van der Waals surface area contributed by atoms with Crippen molar-refractivity contribution in [3.05, 3.63) is 93.1 Å². The predicted molar refractivity (Wildman–Crippen MR) is 109 cm³/mol. The van der Waals surface area contributed by atoms with Gasteiger partial charge in [-0.25, -0.2) is 0 Å².